The van der Waals surface area contributed by atoms with Gasteiger partial charge in [-0.1, -0.05) is 67.7 Å². The zero-order valence-corrected chi connectivity index (χ0v) is 21.1. The zero-order valence-electron chi connectivity index (χ0n) is 20.2. The molecule has 10 heteroatoms. The van der Waals surface area contributed by atoms with E-state index in [1.165, 1.54) is 6.08 Å². The van der Waals surface area contributed by atoms with Crippen molar-refractivity contribution in [3.63, 3.8) is 0 Å². The molecular formula is C26H30N4O5S. The molecule has 36 heavy (non-hydrogen) atoms. The fourth-order valence-electron chi connectivity index (χ4n) is 3.88. The molecule has 1 fully saturated rings. The Hall–Kier alpha value is -3.18. The second-order valence-corrected chi connectivity index (χ2v) is 9.48. The topological polar surface area (TPSA) is 108 Å². The highest BCUT2D eigenvalue weighted by atomic mass is 32.2. The van der Waals surface area contributed by atoms with Crippen LogP contribution >= 0.6 is 11.8 Å². The lowest BCUT2D eigenvalue weighted by Crippen LogP contribution is -2.38. The molecule has 2 aromatic carbocycles. The van der Waals surface area contributed by atoms with Crippen LogP contribution in [0.1, 0.15) is 36.0 Å². The van der Waals surface area contributed by atoms with Gasteiger partial charge >= 0.3 is 6.09 Å². The van der Waals surface area contributed by atoms with Crippen molar-refractivity contribution in [1.82, 2.24) is 14.8 Å². The molecule has 9 nitrogen and oxygen atoms in total. The molecule has 0 unspecified atom stereocenters. The van der Waals surface area contributed by atoms with Crippen molar-refractivity contribution in [2.75, 3.05) is 17.7 Å². The van der Waals surface area contributed by atoms with Gasteiger partial charge in [-0.05, 0) is 23.3 Å². The van der Waals surface area contributed by atoms with E-state index in [-0.39, 0.29) is 31.3 Å². The second-order valence-electron chi connectivity index (χ2n) is 8.49. The Morgan fingerprint density at radius 1 is 1.19 bits per heavy atom. The Kier molecular flexibility index (Phi) is 8.76. The van der Waals surface area contributed by atoms with E-state index < -0.39 is 12.4 Å². The highest BCUT2D eigenvalue weighted by Crippen LogP contribution is 2.43. The number of aryl methyl sites for hydroxylation is 1. The third-order valence-corrected chi connectivity index (χ3v) is 7.05. The van der Waals surface area contributed by atoms with Crippen molar-refractivity contribution in [1.29, 1.82) is 0 Å². The molecule has 0 saturated carbocycles. The quantitative estimate of drug-likeness (QED) is 0.317. The summed E-state index contributed by atoms with van der Waals surface area (Å²) < 4.78 is 19.7. The number of aliphatic hydroxyl groups excluding tert-OH is 1. The van der Waals surface area contributed by atoms with Gasteiger partial charge in [-0.3, -0.25) is 5.32 Å². The SMILES string of the molecule is C=CCOC(=O)Nc1ccc([C@@H]2O[C@H](CSc3nncn3C)[C@H](C)[C@H](c3ccc(CO)cc3)O2)cc1. The van der Waals surface area contributed by atoms with Crippen molar-refractivity contribution in [2.24, 2.45) is 13.0 Å². The lowest BCUT2D eigenvalue weighted by molar-refractivity contribution is -0.268. The van der Waals surface area contributed by atoms with Gasteiger partial charge < -0.3 is 23.9 Å². The van der Waals surface area contributed by atoms with E-state index in [9.17, 15) is 9.90 Å². The van der Waals surface area contributed by atoms with E-state index in [1.54, 1.807) is 30.2 Å². The van der Waals surface area contributed by atoms with E-state index in [4.69, 9.17) is 14.2 Å². The number of hydrogen-bond acceptors (Lipinski definition) is 8. The minimum atomic E-state index is -0.601. The number of rotatable bonds is 9. The highest BCUT2D eigenvalue weighted by Gasteiger charge is 2.38. The Labute approximate surface area is 214 Å². The Morgan fingerprint density at radius 2 is 1.92 bits per heavy atom. The van der Waals surface area contributed by atoms with Crippen molar-refractivity contribution >= 4 is 23.5 Å². The van der Waals surface area contributed by atoms with E-state index >= 15 is 0 Å². The van der Waals surface area contributed by atoms with Crippen LogP contribution in [-0.4, -0.2) is 44.4 Å². The van der Waals surface area contributed by atoms with Crippen molar-refractivity contribution in [2.45, 2.75) is 37.2 Å². The number of carbonyl (C=O) groups excluding carboxylic acids is 1. The minimum absolute atomic E-state index is 0.00836. The average Bonchev–Trinajstić information content (AvgIpc) is 3.32. The first-order valence-corrected chi connectivity index (χ1v) is 12.6. The van der Waals surface area contributed by atoms with Crippen LogP contribution in [0.2, 0.25) is 0 Å². The Bertz CT molecular complexity index is 1150. The number of nitrogens with zero attached hydrogens (tertiary/aromatic N) is 3. The molecule has 3 aromatic rings. The standard InChI is InChI=1S/C26H30N4O5S/c1-4-13-33-26(32)28-21-11-9-20(10-12-21)24-34-22(15-36-25-29-27-16-30(25)3)17(2)23(35-24)19-7-5-18(14-31)6-8-19/h4-12,16-17,22-24,31H,1,13-15H2,2-3H3,(H,28,32)/t17-,22+,23+,24+/m0/s1. The Morgan fingerprint density at radius 3 is 2.56 bits per heavy atom. The molecule has 4 atom stereocenters. The molecule has 2 N–H and O–H groups in total. The third-order valence-electron chi connectivity index (χ3n) is 5.93. The lowest BCUT2D eigenvalue weighted by atomic mass is 9.91. The van der Waals surface area contributed by atoms with Crippen molar-refractivity contribution in [3.05, 3.63) is 84.2 Å². The minimum Gasteiger partial charge on any atom is -0.445 e. The monoisotopic (exact) mass is 510 g/mol. The summed E-state index contributed by atoms with van der Waals surface area (Å²) in [7, 11) is 1.91. The van der Waals surface area contributed by atoms with E-state index in [1.807, 2.05) is 48.0 Å². The van der Waals surface area contributed by atoms with Crippen LogP contribution in [0.5, 0.6) is 0 Å². The number of carbonyl (C=O) groups is 1. The van der Waals surface area contributed by atoms with Gasteiger partial charge in [-0.15, -0.1) is 10.2 Å². The van der Waals surface area contributed by atoms with Gasteiger partial charge in [0.1, 0.15) is 12.9 Å². The first kappa shape index (κ1) is 25.9. The second kappa shape index (κ2) is 12.2. The number of hydrogen-bond donors (Lipinski definition) is 2. The average molecular weight is 511 g/mol. The number of anilines is 1. The number of thioether (sulfide) groups is 1. The summed E-state index contributed by atoms with van der Waals surface area (Å²) in [5.74, 6) is 0.732. The van der Waals surface area contributed by atoms with Gasteiger partial charge in [0.25, 0.3) is 0 Å². The molecule has 1 aliphatic heterocycles. The summed E-state index contributed by atoms with van der Waals surface area (Å²) in [6, 6.07) is 15.1. The van der Waals surface area contributed by atoms with Gasteiger partial charge in [0.15, 0.2) is 11.4 Å². The smallest absolute Gasteiger partial charge is 0.411 e. The Balaban J connectivity index is 1.52. The van der Waals surface area contributed by atoms with E-state index in [0.29, 0.717) is 11.4 Å². The number of benzene rings is 2. The maximum Gasteiger partial charge on any atom is 0.411 e. The summed E-state index contributed by atoms with van der Waals surface area (Å²) in [6.07, 6.45) is 1.69. The van der Waals surface area contributed by atoms with Crippen LogP contribution in [0.25, 0.3) is 0 Å². The van der Waals surface area contributed by atoms with Crippen LogP contribution in [0.15, 0.2) is 72.7 Å². The predicted molar refractivity (Wildman–Crippen MR) is 136 cm³/mol. The number of ether oxygens (including phenoxy) is 3. The molecule has 1 saturated heterocycles. The van der Waals surface area contributed by atoms with Gasteiger partial charge in [0.2, 0.25) is 0 Å². The molecule has 1 aromatic heterocycles. The number of amides is 1. The molecule has 0 spiro atoms. The van der Waals surface area contributed by atoms with Crippen LogP contribution in [0, 0.1) is 5.92 Å². The molecular weight excluding hydrogens is 480 g/mol. The summed E-state index contributed by atoms with van der Waals surface area (Å²) >= 11 is 1.59. The van der Waals surface area contributed by atoms with Crippen LogP contribution in [0.3, 0.4) is 0 Å². The normalized spacial score (nSPS) is 21.6. The highest BCUT2D eigenvalue weighted by molar-refractivity contribution is 7.99. The van der Waals surface area contributed by atoms with Crippen LogP contribution < -0.4 is 5.32 Å². The molecule has 1 amide bonds. The molecule has 190 valence electrons. The summed E-state index contributed by atoms with van der Waals surface area (Å²) in [4.78, 5) is 11.8. The molecule has 4 rings (SSSR count). The van der Waals surface area contributed by atoms with Gasteiger partial charge in [0, 0.05) is 30.0 Å². The summed E-state index contributed by atoms with van der Waals surface area (Å²) in [6.45, 7) is 5.78. The van der Waals surface area contributed by atoms with Gasteiger partial charge in [-0.25, -0.2) is 4.79 Å². The van der Waals surface area contributed by atoms with Crippen molar-refractivity contribution < 1.29 is 24.1 Å². The molecule has 2 heterocycles. The van der Waals surface area contributed by atoms with Gasteiger partial charge in [0.05, 0.1) is 18.8 Å². The first-order valence-electron chi connectivity index (χ1n) is 11.6. The first-order chi connectivity index (χ1) is 17.5. The van der Waals surface area contributed by atoms with Gasteiger partial charge in [-0.2, -0.15) is 0 Å². The maximum atomic E-state index is 11.8. The largest absolute Gasteiger partial charge is 0.445 e. The molecule has 1 aliphatic rings. The van der Waals surface area contributed by atoms with E-state index in [2.05, 4.69) is 29.0 Å². The van der Waals surface area contributed by atoms with Crippen LogP contribution in [0.4, 0.5) is 10.5 Å². The lowest BCUT2D eigenvalue weighted by Gasteiger charge is -2.41. The number of aliphatic hydroxyl groups is 1. The zero-order chi connectivity index (χ0) is 25.5. The summed E-state index contributed by atoms with van der Waals surface area (Å²) in [5, 5.41) is 21.0. The summed E-state index contributed by atoms with van der Waals surface area (Å²) in [5.41, 5.74) is 3.30. The molecule has 0 bridgehead atoms. The predicted octanol–water partition coefficient (Wildman–Crippen LogP) is 4.63. The van der Waals surface area contributed by atoms with E-state index in [0.717, 1.165) is 21.8 Å². The molecule has 0 aliphatic carbocycles. The number of nitrogens with one attached hydrogen (secondary N) is 1. The van der Waals surface area contributed by atoms with Crippen molar-refractivity contribution in [3.8, 4) is 0 Å². The maximum absolute atomic E-state index is 11.8. The fraction of sp³-hybridized carbons (Fsp3) is 0.346. The number of aromatic nitrogens is 3. The van der Waals surface area contributed by atoms with Crippen LogP contribution in [-0.2, 0) is 27.9 Å². The molecule has 0 radical (unpaired) electrons. The third kappa shape index (κ3) is 6.33. The fourth-order valence-corrected chi connectivity index (χ4v) is 4.93.